The number of carbonyl (C=O) groups is 3. The third kappa shape index (κ3) is 6.90. The molecule has 2 aromatic rings. The van der Waals surface area contributed by atoms with Crippen molar-refractivity contribution in [2.75, 3.05) is 19.0 Å². The Morgan fingerprint density at radius 2 is 1.76 bits per heavy atom. The van der Waals surface area contributed by atoms with E-state index < -0.39 is 18.4 Å². The van der Waals surface area contributed by atoms with Gasteiger partial charge in [-0.15, -0.1) is 0 Å². The largest absolute Gasteiger partial charge is 0.493 e. The number of halogens is 2. The molecule has 3 rings (SSSR count). The van der Waals surface area contributed by atoms with Crippen LogP contribution < -0.4 is 25.4 Å². The van der Waals surface area contributed by atoms with E-state index in [4.69, 9.17) is 4.74 Å². The highest BCUT2D eigenvalue weighted by molar-refractivity contribution is 5.97. The second-order valence-corrected chi connectivity index (χ2v) is 7.60. The summed E-state index contributed by atoms with van der Waals surface area (Å²) in [7, 11) is 1.26. The fourth-order valence-electron chi connectivity index (χ4n) is 3.09. The quantitative estimate of drug-likeness (QED) is 0.504. The summed E-state index contributed by atoms with van der Waals surface area (Å²) in [6.45, 7) is -1.51. The van der Waals surface area contributed by atoms with E-state index in [1.165, 1.54) is 25.3 Å². The standard InChI is InChI=1S/C23H25F2N3O5/c1-13(14-5-8-17(9-6-14)28-22(31)15-3-4-15)27-20(29)12-26-21(30)16-7-10-18(33-23(24)25)19(11-16)32-2/h5-11,13,15,23H,3-4,12H2,1-2H3,(H,26,30)(H,27,29)(H,28,31). The van der Waals surface area contributed by atoms with Gasteiger partial charge < -0.3 is 25.4 Å². The van der Waals surface area contributed by atoms with Crippen molar-refractivity contribution >= 4 is 23.4 Å². The summed E-state index contributed by atoms with van der Waals surface area (Å²) in [5.74, 6) is -1.08. The number of carbonyl (C=O) groups excluding carboxylic acids is 3. The zero-order valence-electron chi connectivity index (χ0n) is 18.2. The highest BCUT2D eigenvalue weighted by Crippen LogP contribution is 2.30. The van der Waals surface area contributed by atoms with Gasteiger partial charge in [-0.25, -0.2) is 0 Å². The van der Waals surface area contributed by atoms with Gasteiger partial charge in [0.15, 0.2) is 11.5 Å². The van der Waals surface area contributed by atoms with Crippen LogP contribution in [0.3, 0.4) is 0 Å². The Balaban J connectivity index is 1.49. The monoisotopic (exact) mass is 461 g/mol. The first-order valence-corrected chi connectivity index (χ1v) is 10.4. The highest BCUT2D eigenvalue weighted by atomic mass is 19.3. The molecule has 3 N–H and O–H groups in total. The van der Waals surface area contributed by atoms with Crippen LogP contribution in [-0.4, -0.2) is 38.0 Å². The summed E-state index contributed by atoms with van der Waals surface area (Å²) >= 11 is 0. The van der Waals surface area contributed by atoms with Gasteiger partial charge in [-0.3, -0.25) is 14.4 Å². The van der Waals surface area contributed by atoms with E-state index in [9.17, 15) is 23.2 Å². The number of benzene rings is 2. The normalized spacial score (nSPS) is 13.7. The maximum Gasteiger partial charge on any atom is 0.387 e. The van der Waals surface area contributed by atoms with Crippen LogP contribution in [0.4, 0.5) is 14.5 Å². The van der Waals surface area contributed by atoms with Gasteiger partial charge in [0.1, 0.15) is 0 Å². The van der Waals surface area contributed by atoms with Crippen LogP contribution in [0.15, 0.2) is 42.5 Å². The second kappa shape index (κ2) is 10.8. The molecule has 0 radical (unpaired) electrons. The predicted octanol–water partition coefficient (Wildman–Crippen LogP) is 3.25. The van der Waals surface area contributed by atoms with Crippen LogP contribution in [0.5, 0.6) is 11.5 Å². The molecule has 33 heavy (non-hydrogen) atoms. The Morgan fingerprint density at radius 1 is 1.06 bits per heavy atom. The molecule has 10 heteroatoms. The summed E-state index contributed by atoms with van der Waals surface area (Å²) in [6, 6.07) is 10.6. The predicted molar refractivity (Wildman–Crippen MR) is 116 cm³/mol. The van der Waals surface area contributed by atoms with Crippen LogP contribution in [0.2, 0.25) is 0 Å². The first-order chi connectivity index (χ1) is 15.8. The lowest BCUT2D eigenvalue weighted by atomic mass is 10.1. The second-order valence-electron chi connectivity index (χ2n) is 7.60. The smallest absolute Gasteiger partial charge is 0.387 e. The van der Waals surface area contributed by atoms with Gasteiger partial charge in [-0.2, -0.15) is 8.78 Å². The topological polar surface area (TPSA) is 106 Å². The lowest BCUT2D eigenvalue weighted by Gasteiger charge is -2.16. The van der Waals surface area contributed by atoms with E-state index in [1.54, 1.807) is 31.2 Å². The third-order valence-corrected chi connectivity index (χ3v) is 5.06. The Kier molecular flexibility index (Phi) is 7.81. The van der Waals surface area contributed by atoms with Crippen molar-refractivity contribution in [2.45, 2.75) is 32.4 Å². The summed E-state index contributed by atoms with van der Waals surface area (Å²) in [6.07, 6.45) is 1.85. The average molecular weight is 461 g/mol. The van der Waals surface area contributed by atoms with Gasteiger partial charge in [-0.05, 0) is 55.7 Å². The van der Waals surface area contributed by atoms with E-state index in [0.717, 1.165) is 18.4 Å². The molecule has 1 fully saturated rings. The van der Waals surface area contributed by atoms with Gasteiger partial charge in [0, 0.05) is 17.2 Å². The zero-order chi connectivity index (χ0) is 24.0. The molecule has 1 aliphatic carbocycles. The van der Waals surface area contributed by atoms with Crippen molar-refractivity contribution in [1.82, 2.24) is 10.6 Å². The van der Waals surface area contributed by atoms with E-state index in [2.05, 4.69) is 20.7 Å². The molecule has 176 valence electrons. The minimum absolute atomic E-state index is 0.0219. The number of ether oxygens (including phenoxy) is 2. The SMILES string of the molecule is COc1cc(C(=O)NCC(=O)NC(C)c2ccc(NC(=O)C3CC3)cc2)ccc1OC(F)F. The first kappa shape index (κ1) is 24.0. The summed E-state index contributed by atoms with van der Waals surface area (Å²) in [5, 5.41) is 8.10. The van der Waals surface area contributed by atoms with Crippen molar-refractivity contribution in [3.63, 3.8) is 0 Å². The van der Waals surface area contributed by atoms with Gasteiger partial charge in [0.2, 0.25) is 11.8 Å². The van der Waals surface area contributed by atoms with Crippen LogP contribution in [0.25, 0.3) is 0 Å². The molecule has 0 bridgehead atoms. The van der Waals surface area contributed by atoms with Crippen molar-refractivity contribution in [1.29, 1.82) is 0 Å². The third-order valence-electron chi connectivity index (χ3n) is 5.06. The fourth-order valence-corrected chi connectivity index (χ4v) is 3.09. The Hall–Kier alpha value is -3.69. The van der Waals surface area contributed by atoms with Crippen LogP contribution >= 0.6 is 0 Å². The van der Waals surface area contributed by atoms with E-state index in [-0.39, 0.29) is 41.5 Å². The van der Waals surface area contributed by atoms with Crippen molar-refractivity contribution < 1.29 is 32.6 Å². The average Bonchev–Trinajstić information content (AvgIpc) is 3.63. The minimum atomic E-state index is -3.03. The lowest BCUT2D eigenvalue weighted by Crippen LogP contribution is -2.38. The maximum atomic E-state index is 12.4. The van der Waals surface area contributed by atoms with Gasteiger partial charge >= 0.3 is 6.61 Å². The van der Waals surface area contributed by atoms with Crippen LogP contribution in [0.1, 0.15) is 41.7 Å². The highest BCUT2D eigenvalue weighted by Gasteiger charge is 2.29. The number of nitrogens with one attached hydrogen (secondary N) is 3. The van der Waals surface area contributed by atoms with E-state index in [0.29, 0.717) is 5.69 Å². The molecule has 1 atom stereocenters. The summed E-state index contributed by atoms with van der Waals surface area (Å²) in [5.41, 5.74) is 1.65. The molecule has 3 amide bonds. The van der Waals surface area contributed by atoms with Crippen molar-refractivity contribution in [3.8, 4) is 11.5 Å². The molecule has 8 nitrogen and oxygen atoms in total. The summed E-state index contributed by atoms with van der Waals surface area (Å²) < 4.78 is 34.1. The molecule has 2 aromatic carbocycles. The van der Waals surface area contributed by atoms with Crippen LogP contribution in [0, 0.1) is 5.92 Å². The maximum absolute atomic E-state index is 12.4. The molecule has 0 spiro atoms. The lowest BCUT2D eigenvalue weighted by molar-refractivity contribution is -0.120. The number of hydrogen-bond donors (Lipinski definition) is 3. The number of anilines is 1. The van der Waals surface area contributed by atoms with E-state index in [1.807, 2.05) is 0 Å². The minimum Gasteiger partial charge on any atom is -0.493 e. The summed E-state index contributed by atoms with van der Waals surface area (Å²) in [4.78, 5) is 36.4. The Labute approximate surface area is 189 Å². The molecule has 1 aliphatic rings. The molecule has 1 saturated carbocycles. The van der Waals surface area contributed by atoms with Crippen LogP contribution in [-0.2, 0) is 9.59 Å². The van der Waals surface area contributed by atoms with Gasteiger partial charge in [-0.1, -0.05) is 12.1 Å². The fraction of sp³-hybridized carbons (Fsp3) is 0.348. The Bertz CT molecular complexity index is 1010. The van der Waals surface area contributed by atoms with Crippen molar-refractivity contribution in [3.05, 3.63) is 53.6 Å². The molecule has 0 heterocycles. The number of hydrogen-bond acceptors (Lipinski definition) is 5. The van der Waals surface area contributed by atoms with Gasteiger partial charge in [0.05, 0.1) is 19.7 Å². The molecule has 0 aliphatic heterocycles. The number of alkyl halides is 2. The Morgan fingerprint density at radius 3 is 2.36 bits per heavy atom. The zero-order valence-corrected chi connectivity index (χ0v) is 18.2. The van der Waals surface area contributed by atoms with Gasteiger partial charge in [0.25, 0.3) is 5.91 Å². The van der Waals surface area contributed by atoms with Crippen molar-refractivity contribution in [2.24, 2.45) is 5.92 Å². The molecular weight excluding hydrogens is 436 g/mol. The first-order valence-electron chi connectivity index (χ1n) is 10.4. The molecule has 0 aromatic heterocycles. The molecule has 0 saturated heterocycles. The number of rotatable bonds is 10. The number of methoxy groups -OCH3 is 1. The number of amides is 3. The molecular formula is C23H25F2N3O5. The van der Waals surface area contributed by atoms with E-state index >= 15 is 0 Å². The molecule has 1 unspecified atom stereocenters.